The number of H-pyrrole nitrogens is 1. The number of alkyl halides is 1. The molecule has 17 nitrogen and oxygen atoms in total. The van der Waals surface area contributed by atoms with Gasteiger partial charge in [-0.25, -0.2) is 22.9 Å². The molecular weight excluding hydrogens is 512 g/mol. The van der Waals surface area contributed by atoms with E-state index < -0.39 is 71.5 Å². The third kappa shape index (κ3) is 6.27. The van der Waals surface area contributed by atoms with Gasteiger partial charge in [-0.2, -0.15) is 8.62 Å². The van der Waals surface area contributed by atoms with Crippen LogP contribution in [0.2, 0.25) is 0 Å². The van der Waals surface area contributed by atoms with E-state index in [2.05, 4.69) is 13.1 Å². The number of hydrogen-bond donors (Lipinski definition) is 7. The largest absolute Gasteiger partial charge is 0.490 e. The zero-order chi connectivity index (χ0) is 24.7. The Hall–Kier alpha value is -1.10. The van der Waals surface area contributed by atoms with Crippen molar-refractivity contribution >= 4 is 23.5 Å². The van der Waals surface area contributed by atoms with Gasteiger partial charge in [0, 0.05) is 12.3 Å². The maximum atomic E-state index is 13.6. The molecule has 1 saturated heterocycles. The van der Waals surface area contributed by atoms with Crippen molar-refractivity contribution in [1.82, 2.24) is 9.55 Å². The molecule has 0 amide bonds. The molecule has 32 heavy (non-hydrogen) atoms. The summed E-state index contributed by atoms with van der Waals surface area (Å²) in [6.45, 7) is -0.800. The van der Waals surface area contributed by atoms with E-state index in [1.54, 1.807) is 4.98 Å². The lowest BCUT2D eigenvalue weighted by Gasteiger charge is -2.29. The fourth-order valence-electron chi connectivity index (χ4n) is 2.77. The molecule has 1 fully saturated rings. The highest BCUT2D eigenvalue weighted by Gasteiger charge is 2.59. The first kappa shape index (κ1) is 27.1. The molecule has 0 saturated carbocycles. The molecule has 1 aromatic rings. The summed E-state index contributed by atoms with van der Waals surface area (Å²) in [4.78, 5) is 60.7. The molecule has 0 aliphatic carbocycles. The van der Waals surface area contributed by atoms with Crippen molar-refractivity contribution in [1.29, 1.82) is 0 Å². The smallest absolute Gasteiger partial charge is 0.387 e. The second-order valence-corrected chi connectivity index (χ2v) is 10.8. The molecule has 1 aliphatic heterocycles. The summed E-state index contributed by atoms with van der Waals surface area (Å²) in [5.41, 5.74) is -4.82. The van der Waals surface area contributed by atoms with E-state index >= 15 is 0 Å². The van der Waals surface area contributed by atoms with Crippen LogP contribution >= 0.6 is 23.5 Å². The quantitative estimate of drug-likeness (QED) is 0.174. The van der Waals surface area contributed by atoms with Gasteiger partial charge >= 0.3 is 29.2 Å². The predicted octanol–water partition coefficient (Wildman–Crippen LogP) is -1.77. The minimum absolute atomic E-state index is 0.516. The summed E-state index contributed by atoms with van der Waals surface area (Å²) in [7, 11) is -17.1. The van der Waals surface area contributed by atoms with Crippen molar-refractivity contribution in [2.45, 2.75) is 37.1 Å². The molecule has 0 aromatic carbocycles. The highest BCUT2D eigenvalue weighted by atomic mass is 31.3. The molecule has 3 unspecified atom stereocenters. The molecule has 184 valence electrons. The van der Waals surface area contributed by atoms with Gasteiger partial charge in [-0.15, -0.1) is 0 Å². The summed E-state index contributed by atoms with van der Waals surface area (Å²) in [6, 6.07) is 0.818. The van der Waals surface area contributed by atoms with E-state index in [9.17, 15) is 42.8 Å². The molecule has 7 atom stereocenters. The molecule has 7 N–H and O–H groups in total. The maximum absolute atomic E-state index is 13.6. The summed E-state index contributed by atoms with van der Waals surface area (Å²) in [6.07, 6.45) is -7.08. The van der Waals surface area contributed by atoms with Crippen LogP contribution in [0.15, 0.2) is 21.9 Å². The SMILES string of the molecule is C[C@H](OP(=O)(O)OP(=O)(O)OP(=O)(O)O)[C@H]1O[C@@H](n2ccc(=O)[nH]c2=O)[C@@](O)(CF)C1O. The summed E-state index contributed by atoms with van der Waals surface area (Å²) in [5.74, 6) is 0. The van der Waals surface area contributed by atoms with Gasteiger partial charge in [0.15, 0.2) is 11.8 Å². The van der Waals surface area contributed by atoms with Crippen molar-refractivity contribution in [3.8, 4) is 0 Å². The number of nitrogens with zero attached hydrogens (tertiary/aromatic N) is 1. The van der Waals surface area contributed by atoms with Gasteiger partial charge in [0.25, 0.3) is 5.56 Å². The Kier molecular flexibility index (Phi) is 7.87. The molecule has 0 bridgehead atoms. The molecule has 21 heteroatoms. The number of aliphatic hydroxyl groups is 2. The van der Waals surface area contributed by atoms with Crippen LogP contribution in [-0.4, -0.2) is 69.9 Å². The second-order valence-electron chi connectivity index (χ2n) is 6.44. The van der Waals surface area contributed by atoms with E-state index in [0.717, 1.165) is 19.2 Å². The predicted molar refractivity (Wildman–Crippen MR) is 96.6 cm³/mol. The molecular formula is C11H18FN2O15P3. The number of phosphoric ester groups is 1. The first-order chi connectivity index (χ1) is 14.4. The molecule has 2 heterocycles. The number of nitrogens with one attached hydrogen (secondary N) is 1. The maximum Gasteiger partial charge on any atom is 0.490 e. The Morgan fingerprint density at radius 3 is 2.31 bits per heavy atom. The zero-order valence-electron chi connectivity index (χ0n) is 15.7. The minimum atomic E-state index is -5.83. The first-order valence-corrected chi connectivity index (χ1v) is 12.7. The van der Waals surface area contributed by atoms with Crippen molar-refractivity contribution < 1.29 is 65.8 Å². The third-order valence-corrected chi connectivity index (χ3v) is 7.96. The van der Waals surface area contributed by atoms with Gasteiger partial charge in [-0.3, -0.25) is 18.9 Å². The Morgan fingerprint density at radius 2 is 1.81 bits per heavy atom. The number of ether oxygens (including phenoxy) is 1. The van der Waals surface area contributed by atoms with Crippen molar-refractivity contribution in [2.75, 3.05) is 6.67 Å². The van der Waals surface area contributed by atoms with E-state index in [1.807, 2.05) is 0 Å². The Labute approximate surface area is 176 Å². The lowest BCUT2D eigenvalue weighted by Crippen LogP contribution is -2.51. The highest BCUT2D eigenvalue weighted by molar-refractivity contribution is 7.66. The molecule has 1 aromatic heterocycles. The lowest BCUT2D eigenvalue weighted by molar-refractivity contribution is -0.122. The Bertz CT molecular complexity index is 1100. The monoisotopic (exact) mass is 530 g/mol. The number of hydrogen-bond acceptors (Lipinski definition) is 11. The number of rotatable bonds is 9. The molecule has 2 rings (SSSR count). The fraction of sp³-hybridized carbons (Fsp3) is 0.636. The van der Waals surface area contributed by atoms with Crippen molar-refractivity contribution in [3.63, 3.8) is 0 Å². The van der Waals surface area contributed by atoms with Crippen LogP contribution in [0.5, 0.6) is 0 Å². The standard InChI is InChI=1S/C11H18FN2O15P3/c1-5(27-31(22,23)29-32(24,25)28-30(19,20)21)7-8(16)11(18,4-12)9(26-7)14-3-2-6(15)13-10(14)17/h2-3,5,7-9,16,18H,4H2,1H3,(H,22,23)(H,24,25)(H,13,15,17)(H2,19,20,21)/t5-,7+,8?,9+,11+/m0/s1. The topological polar surface area (TPSA) is 264 Å². The Morgan fingerprint density at radius 1 is 1.22 bits per heavy atom. The molecule has 0 radical (unpaired) electrons. The molecule has 0 spiro atoms. The second kappa shape index (κ2) is 9.27. The number of halogens is 1. The highest BCUT2D eigenvalue weighted by Crippen LogP contribution is 2.66. The van der Waals surface area contributed by atoms with E-state index in [4.69, 9.17) is 19.4 Å². The van der Waals surface area contributed by atoms with Crippen molar-refractivity contribution in [3.05, 3.63) is 33.1 Å². The van der Waals surface area contributed by atoms with Crippen LogP contribution in [0.1, 0.15) is 13.2 Å². The van der Waals surface area contributed by atoms with E-state index in [1.165, 1.54) is 0 Å². The zero-order valence-corrected chi connectivity index (χ0v) is 18.4. The van der Waals surface area contributed by atoms with Gasteiger partial charge in [0.1, 0.15) is 18.9 Å². The van der Waals surface area contributed by atoms with Crippen LogP contribution in [0.25, 0.3) is 0 Å². The fourth-order valence-corrected chi connectivity index (χ4v) is 5.97. The average Bonchev–Trinajstić information content (AvgIpc) is 2.84. The van der Waals surface area contributed by atoms with Gasteiger partial charge in [-0.05, 0) is 6.92 Å². The van der Waals surface area contributed by atoms with Crippen LogP contribution in [0.4, 0.5) is 4.39 Å². The summed E-state index contributed by atoms with van der Waals surface area (Å²) in [5, 5.41) is 20.8. The van der Waals surface area contributed by atoms with Crippen LogP contribution in [0.3, 0.4) is 0 Å². The van der Waals surface area contributed by atoms with Gasteiger partial charge in [0.2, 0.25) is 0 Å². The molecule has 1 aliphatic rings. The third-order valence-electron chi connectivity index (χ3n) is 4.03. The van der Waals surface area contributed by atoms with Gasteiger partial charge in [-0.1, -0.05) is 0 Å². The summed E-state index contributed by atoms with van der Waals surface area (Å²) >= 11 is 0. The van der Waals surface area contributed by atoms with Crippen molar-refractivity contribution in [2.24, 2.45) is 0 Å². The number of phosphoric acid groups is 3. The Balaban J connectivity index is 2.26. The van der Waals surface area contributed by atoms with Crippen LogP contribution in [-0.2, 0) is 31.6 Å². The van der Waals surface area contributed by atoms with E-state index in [-0.39, 0.29) is 0 Å². The van der Waals surface area contributed by atoms with Gasteiger partial charge in [0.05, 0.1) is 6.10 Å². The van der Waals surface area contributed by atoms with E-state index in [0.29, 0.717) is 4.57 Å². The number of aromatic nitrogens is 2. The number of aromatic amines is 1. The average molecular weight is 530 g/mol. The number of aliphatic hydroxyl groups excluding tert-OH is 1. The lowest BCUT2D eigenvalue weighted by atomic mass is 9.93. The van der Waals surface area contributed by atoms with Crippen LogP contribution < -0.4 is 11.2 Å². The summed E-state index contributed by atoms with van der Waals surface area (Å²) < 4.78 is 64.9. The van der Waals surface area contributed by atoms with Gasteiger partial charge < -0.3 is 34.5 Å². The van der Waals surface area contributed by atoms with Crippen LogP contribution in [0, 0.1) is 0 Å². The normalized spacial score (nSPS) is 31.1. The first-order valence-electron chi connectivity index (χ1n) is 8.16. The minimum Gasteiger partial charge on any atom is -0.387 e.